The number of rotatable bonds is 4. The second kappa shape index (κ2) is 5.17. The zero-order valence-corrected chi connectivity index (χ0v) is 10.8. The van der Waals surface area contributed by atoms with Crippen molar-refractivity contribution in [3.8, 4) is 0 Å². The summed E-state index contributed by atoms with van der Waals surface area (Å²) in [7, 11) is 0. The fraction of sp³-hybridized carbons (Fsp3) is 0.182. The van der Waals surface area contributed by atoms with Gasteiger partial charge in [0.15, 0.2) is 11.3 Å². The lowest BCUT2D eigenvalue weighted by molar-refractivity contribution is -0.145. The lowest BCUT2D eigenvalue weighted by atomic mass is 10.2. The van der Waals surface area contributed by atoms with Crippen LogP contribution in [0.5, 0.6) is 0 Å². The number of nitrogens with one attached hydrogen (secondary N) is 1. The molecule has 3 rings (SSSR count). The van der Waals surface area contributed by atoms with Gasteiger partial charge < -0.3 is 21.3 Å². The van der Waals surface area contributed by atoms with Gasteiger partial charge in [-0.15, -0.1) is 4.73 Å². The van der Waals surface area contributed by atoms with E-state index in [9.17, 15) is 4.79 Å². The highest BCUT2D eigenvalue weighted by Gasteiger charge is 2.19. The van der Waals surface area contributed by atoms with Crippen LogP contribution in [-0.4, -0.2) is 41.7 Å². The first-order chi connectivity index (χ1) is 10.1. The van der Waals surface area contributed by atoms with Gasteiger partial charge in [0.05, 0.1) is 6.33 Å². The van der Waals surface area contributed by atoms with Gasteiger partial charge >= 0.3 is 5.97 Å². The molecule has 3 aromatic rings. The number of imidazole rings is 2. The highest BCUT2D eigenvalue weighted by molar-refractivity contribution is 5.82. The SMILES string of the molecule is Nc1ncnc2c1ncn2OC(=O)[C@@H](N)Cc1cnc[nH]1. The molecule has 0 fully saturated rings. The average molecular weight is 288 g/mol. The Hall–Kier alpha value is -3.01. The Morgan fingerprint density at radius 1 is 1.43 bits per heavy atom. The standard InChI is InChI=1S/C11H12N8O2/c12-7(1-6-2-14-3-15-6)11(20)21-19-5-18-8-9(13)16-4-17-10(8)19/h2-5,7H,1,12H2,(H,14,15)(H2,13,16,17)/t7-/m0/s1. The zero-order chi connectivity index (χ0) is 14.8. The van der Waals surface area contributed by atoms with E-state index in [1.54, 1.807) is 6.20 Å². The van der Waals surface area contributed by atoms with Crippen LogP contribution in [0.4, 0.5) is 5.82 Å². The maximum atomic E-state index is 12.0. The van der Waals surface area contributed by atoms with Gasteiger partial charge in [-0.3, -0.25) is 0 Å². The zero-order valence-electron chi connectivity index (χ0n) is 10.8. The second-order valence-corrected chi connectivity index (χ2v) is 4.30. The number of carbonyl (C=O) groups excluding carboxylic acids is 1. The monoisotopic (exact) mass is 288 g/mol. The molecule has 0 saturated heterocycles. The Balaban J connectivity index is 1.75. The molecule has 0 bridgehead atoms. The average Bonchev–Trinajstić information content (AvgIpc) is 3.10. The van der Waals surface area contributed by atoms with Crippen molar-refractivity contribution >= 4 is 23.0 Å². The summed E-state index contributed by atoms with van der Waals surface area (Å²) < 4.78 is 1.11. The summed E-state index contributed by atoms with van der Waals surface area (Å²) in [6.07, 6.45) is 5.93. The summed E-state index contributed by atoms with van der Waals surface area (Å²) in [5.41, 5.74) is 12.8. The van der Waals surface area contributed by atoms with Gasteiger partial charge in [-0.1, -0.05) is 0 Å². The van der Waals surface area contributed by atoms with Crippen molar-refractivity contribution in [3.63, 3.8) is 0 Å². The Labute approximate surface area is 118 Å². The molecular formula is C11H12N8O2. The predicted octanol–water partition coefficient (Wildman–Crippen LogP) is -1.34. The third-order valence-electron chi connectivity index (χ3n) is 2.82. The minimum atomic E-state index is -0.845. The van der Waals surface area contributed by atoms with E-state index in [2.05, 4.69) is 24.9 Å². The minimum Gasteiger partial charge on any atom is -0.382 e. The maximum absolute atomic E-state index is 12.0. The van der Waals surface area contributed by atoms with Gasteiger partial charge in [-0.05, 0) is 0 Å². The number of anilines is 1. The highest BCUT2D eigenvalue weighted by Crippen LogP contribution is 2.13. The fourth-order valence-corrected chi connectivity index (χ4v) is 1.78. The van der Waals surface area contributed by atoms with Crippen molar-refractivity contribution in [3.05, 3.63) is 30.9 Å². The predicted molar refractivity (Wildman–Crippen MR) is 71.6 cm³/mol. The molecule has 108 valence electrons. The summed E-state index contributed by atoms with van der Waals surface area (Å²) >= 11 is 0. The molecule has 0 aliphatic rings. The van der Waals surface area contributed by atoms with Crippen LogP contribution in [0.15, 0.2) is 25.2 Å². The topological polar surface area (TPSA) is 151 Å². The van der Waals surface area contributed by atoms with Crippen LogP contribution in [0.3, 0.4) is 0 Å². The van der Waals surface area contributed by atoms with Crippen LogP contribution < -0.4 is 16.3 Å². The molecule has 3 heterocycles. The van der Waals surface area contributed by atoms with Gasteiger partial charge in [-0.2, -0.15) is 0 Å². The van der Waals surface area contributed by atoms with Crippen molar-refractivity contribution in [1.29, 1.82) is 0 Å². The molecule has 1 atom stereocenters. The normalized spacial score (nSPS) is 12.4. The van der Waals surface area contributed by atoms with Crippen molar-refractivity contribution in [1.82, 2.24) is 29.7 Å². The van der Waals surface area contributed by atoms with E-state index in [1.807, 2.05) is 0 Å². The third kappa shape index (κ3) is 2.51. The maximum Gasteiger partial charge on any atom is 0.349 e. The minimum absolute atomic E-state index is 0.205. The Kier molecular flexibility index (Phi) is 3.20. The van der Waals surface area contributed by atoms with Crippen molar-refractivity contribution in [2.45, 2.75) is 12.5 Å². The summed E-state index contributed by atoms with van der Waals surface area (Å²) in [5.74, 6) is -0.419. The molecule has 10 nitrogen and oxygen atoms in total. The molecule has 0 amide bonds. The number of fused-ring (bicyclic) bond motifs is 1. The van der Waals surface area contributed by atoms with E-state index >= 15 is 0 Å². The molecule has 0 saturated carbocycles. The first kappa shape index (κ1) is 13.0. The van der Waals surface area contributed by atoms with E-state index in [1.165, 1.54) is 19.0 Å². The molecule has 0 aliphatic carbocycles. The first-order valence-electron chi connectivity index (χ1n) is 6.03. The van der Waals surface area contributed by atoms with E-state index in [-0.39, 0.29) is 12.2 Å². The smallest absolute Gasteiger partial charge is 0.349 e. The Morgan fingerprint density at radius 3 is 3.05 bits per heavy atom. The molecule has 5 N–H and O–H groups in total. The van der Waals surface area contributed by atoms with Crippen LogP contribution >= 0.6 is 0 Å². The van der Waals surface area contributed by atoms with Crippen molar-refractivity contribution in [2.24, 2.45) is 5.73 Å². The molecule has 0 spiro atoms. The quantitative estimate of drug-likeness (QED) is 0.533. The number of aromatic nitrogens is 6. The lowest BCUT2D eigenvalue weighted by Gasteiger charge is -2.10. The number of nitrogen functional groups attached to an aromatic ring is 1. The van der Waals surface area contributed by atoms with E-state index in [0.717, 1.165) is 10.4 Å². The van der Waals surface area contributed by atoms with E-state index in [0.29, 0.717) is 11.2 Å². The van der Waals surface area contributed by atoms with Gasteiger partial charge in [0, 0.05) is 18.3 Å². The van der Waals surface area contributed by atoms with Gasteiger partial charge in [0.2, 0.25) is 5.65 Å². The fourth-order valence-electron chi connectivity index (χ4n) is 1.78. The van der Waals surface area contributed by atoms with E-state index in [4.69, 9.17) is 16.3 Å². The number of H-pyrrole nitrogens is 1. The molecule has 0 radical (unpaired) electrons. The number of hydrogen-bond donors (Lipinski definition) is 3. The van der Waals surface area contributed by atoms with Crippen molar-refractivity contribution < 1.29 is 9.63 Å². The Bertz CT molecular complexity index is 766. The number of nitrogens with zero attached hydrogens (tertiary/aromatic N) is 5. The number of carbonyl (C=O) groups is 1. The van der Waals surface area contributed by atoms with Gasteiger partial charge in [0.1, 0.15) is 18.7 Å². The van der Waals surface area contributed by atoms with Crippen LogP contribution in [0.25, 0.3) is 11.2 Å². The van der Waals surface area contributed by atoms with Crippen LogP contribution in [0.1, 0.15) is 5.69 Å². The van der Waals surface area contributed by atoms with Crippen molar-refractivity contribution in [2.75, 3.05) is 5.73 Å². The van der Waals surface area contributed by atoms with E-state index < -0.39 is 12.0 Å². The molecule has 0 unspecified atom stereocenters. The Morgan fingerprint density at radius 2 is 2.29 bits per heavy atom. The highest BCUT2D eigenvalue weighted by atomic mass is 16.7. The molecule has 0 aromatic carbocycles. The lowest BCUT2D eigenvalue weighted by Crippen LogP contribution is -2.39. The molecule has 10 heteroatoms. The summed E-state index contributed by atoms with van der Waals surface area (Å²) in [6, 6.07) is -0.845. The van der Waals surface area contributed by atoms with Crippen LogP contribution in [0.2, 0.25) is 0 Å². The molecular weight excluding hydrogens is 276 g/mol. The first-order valence-corrected chi connectivity index (χ1v) is 6.03. The summed E-state index contributed by atoms with van der Waals surface area (Å²) in [6.45, 7) is 0. The summed E-state index contributed by atoms with van der Waals surface area (Å²) in [5, 5.41) is 0. The molecule has 21 heavy (non-hydrogen) atoms. The third-order valence-corrected chi connectivity index (χ3v) is 2.82. The molecule has 3 aromatic heterocycles. The number of aromatic amines is 1. The van der Waals surface area contributed by atoms with Gasteiger partial charge in [-0.25, -0.2) is 24.7 Å². The molecule has 0 aliphatic heterocycles. The van der Waals surface area contributed by atoms with Gasteiger partial charge in [0.25, 0.3) is 0 Å². The van der Waals surface area contributed by atoms with Crippen LogP contribution in [0, 0.1) is 0 Å². The number of nitrogens with two attached hydrogens (primary N) is 2. The second-order valence-electron chi connectivity index (χ2n) is 4.30. The number of hydrogen-bond acceptors (Lipinski definition) is 8. The summed E-state index contributed by atoms with van der Waals surface area (Å²) in [4.78, 5) is 35.6. The van der Waals surface area contributed by atoms with Crippen LogP contribution in [-0.2, 0) is 11.2 Å². The largest absolute Gasteiger partial charge is 0.382 e.